The van der Waals surface area contributed by atoms with E-state index in [1.54, 1.807) is 0 Å². The number of carbonyl (C=O) groups is 2. The van der Waals surface area contributed by atoms with Crippen LogP contribution in [0, 0.1) is 0 Å². The largest absolute Gasteiger partial charge is 0.478 e. The van der Waals surface area contributed by atoms with Crippen molar-refractivity contribution in [2.75, 3.05) is 0 Å². The molecule has 5 aromatic rings. The summed E-state index contributed by atoms with van der Waals surface area (Å²) in [5, 5.41) is 25.5. The molecule has 2 heterocycles. The van der Waals surface area contributed by atoms with Gasteiger partial charge in [-0.3, -0.25) is 0 Å². The molecule has 0 atom stereocenters. The third kappa shape index (κ3) is 2.89. The summed E-state index contributed by atoms with van der Waals surface area (Å²) in [6.45, 7) is 0. The molecule has 2 aromatic heterocycles. The zero-order valence-electron chi connectivity index (χ0n) is 15.5. The van der Waals surface area contributed by atoms with Gasteiger partial charge in [-0.2, -0.15) is 0 Å². The van der Waals surface area contributed by atoms with Gasteiger partial charge in [0, 0.05) is 31.3 Å². The first kappa shape index (κ1) is 18.5. The van der Waals surface area contributed by atoms with Crippen molar-refractivity contribution in [3.63, 3.8) is 0 Å². The SMILES string of the molecule is O=C(O)c1cc(-c2csc3ccccc23)c(C(=O)O)cc1-c1csc2ccccc12. The number of fused-ring (bicyclic) bond motifs is 2. The van der Waals surface area contributed by atoms with E-state index in [9.17, 15) is 19.8 Å². The maximum Gasteiger partial charge on any atom is 0.336 e. The molecule has 0 saturated heterocycles. The van der Waals surface area contributed by atoms with Crippen molar-refractivity contribution in [2.24, 2.45) is 0 Å². The number of hydrogen-bond donors (Lipinski definition) is 2. The second kappa shape index (κ2) is 7.09. The quantitative estimate of drug-likeness (QED) is 0.327. The predicted molar refractivity (Wildman–Crippen MR) is 122 cm³/mol. The number of aromatic carboxylic acids is 2. The van der Waals surface area contributed by atoms with Crippen molar-refractivity contribution in [1.82, 2.24) is 0 Å². The first-order chi connectivity index (χ1) is 14.5. The van der Waals surface area contributed by atoms with Gasteiger partial charge in [0.15, 0.2) is 0 Å². The molecule has 0 aliphatic rings. The Morgan fingerprint density at radius 2 is 1.00 bits per heavy atom. The number of carboxylic acids is 2. The average molecular weight is 431 g/mol. The third-order valence-corrected chi connectivity index (χ3v) is 7.09. The van der Waals surface area contributed by atoms with E-state index < -0.39 is 11.9 Å². The fraction of sp³-hybridized carbons (Fsp3) is 0. The van der Waals surface area contributed by atoms with Gasteiger partial charge >= 0.3 is 11.9 Å². The molecule has 0 spiro atoms. The van der Waals surface area contributed by atoms with Gasteiger partial charge in [0.1, 0.15) is 0 Å². The molecule has 0 radical (unpaired) electrons. The fourth-order valence-electron chi connectivity index (χ4n) is 3.77. The zero-order valence-corrected chi connectivity index (χ0v) is 17.1. The zero-order chi connectivity index (χ0) is 20.8. The van der Waals surface area contributed by atoms with Gasteiger partial charge in [-0.05, 0) is 46.2 Å². The van der Waals surface area contributed by atoms with E-state index in [0.29, 0.717) is 11.1 Å². The lowest BCUT2D eigenvalue weighted by atomic mass is 9.90. The molecule has 6 heteroatoms. The highest BCUT2D eigenvalue weighted by atomic mass is 32.1. The standard InChI is InChI=1S/C24H14O4S2/c25-23(26)17-10-16(20-12-30-22-8-4-2-6-14(20)22)18(24(27)28)9-15(17)19-11-29-21-7-3-1-5-13(19)21/h1-12H,(H,25,26)(H,27,28). The van der Waals surface area contributed by atoms with Crippen molar-refractivity contribution in [2.45, 2.75) is 0 Å². The van der Waals surface area contributed by atoms with E-state index in [1.165, 1.54) is 34.8 Å². The second-order valence-electron chi connectivity index (χ2n) is 6.84. The molecule has 0 bridgehead atoms. The van der Waals surface area contributed by atoms with Gasteiger partial charge in [-0.15, -0.1) is 22.7 Å². The van der Waals surface area contributed by atoms with Crippen LogP contribution in [-0.2, 0) is 0 Å². The molecule has 0 aliphatic heterocycles. The summed E-state index contributed by atoms with van der Waals surface area (Å²) in [4.78, 5) is 24.4. The summed E-state index contributed by atoms with van der Waals surface area (Å²) in [7, 11) is 0. The molecule has 146 valence electrons. The van der Waals surface area contributed by atoms with Gasteiger partial charge in [0.05, 0.1) is 11.1 Å². The monoisotopic (exact) mass is 430 g/mol. The summed E-state index contributed by atoms with van der Waals surface area (Å²) in [5.41, 5.74) is 2.48. The lowest BCUT2D eigenvalue weighted by Crippen LogP contribution is -2.06. The Kier molecular flexibility index (Phi) is 4.38. The van der Waals surface area contributed by atoms with Crippen molar-refractivity contribution in [3.8, 4) is 22.3 Å². The van der Waals surface area contributed by atoms with Crippen LogP contribution in [0.2, 0.25) is 0 Å². The van der Waals surface area contributed by atoms with E-state index in [2.05, 4.69) is 0 Å². The maximum absolute atomic E-state index is 12.2. The lowest BCUT2D eigenvalue weighted by Gasteiger charge is -2.12. The minimum absolute atomic E-state index is 0.0915. The molecule has 5 rings (SSSR count). The smallest absolute Gasteiger partial charge is 0.336 e. The van der Waals surface area contributed by atoms with Crippen LogP contribution in [0.25, 0.3) is 42.4 Å². The van der Waals surface area contributed by atoms with Crippen LogP contribution in [0.3, 0.4) is 0 Å². The van der Waals surface area contributed by atoms with E-state index >= 15 is 0 Å². The molecule has 0 saturated carbocycles. The Bertz CT molecular complexity index is 1350. The van der Waals surface area contributed by atoms with Crippen LogP contribution in [0.4, 0.5) is 0 Å². The Morgan fingerprint density at radius 3 is 1.40 bits per heavy atom. The maximum atomic E-state index is 12.2. The minimum Gasteiger partial charge on any atom is -0.478 e. The van der Waals surface area contributed by atoms with Crippen molar-refractivity contribution < 1.29 is 19.8 Å². The lowest BCUT2D eigenvalue weighted by molar-refractivity contribution is 0.0682. The minimum atomic E-state index is -1.09. The van der Waals surface area contributed by atoms with Crippen LogP contribution in [0.1, 0.15) is 20.7 Å². The summed E-state index contributed by atoms with van der Waals surface area (Å²) < 4.78 is 2.04. The van der Waals surface area contributed by atoms with Gasteiger partial charge in [-0.25, -0.2) is 9.59 Å². The van der Waals surface area contributed by atoms with Crippen LogP contribution in [0.5, 0.6) is 0 Å². The van der Waals surface area contributed by atoms with Crippen molar-refractivity contribution in [3.05, 3.63) is 82.6 Å². The van der Waals surface area contributed by atoms with Gasteiger partial charge in [0.2, 0.25) is 0 Å². The summed E-state index contributed by atoms with van der Waals surface area (Å²) in [6, 6.07) is 18.4. The van der Waals surface area contributed by atoms with E-state index in [-0.39, 0.29) is 11.1 Å². The molecule has 3 aromatic carbocycles. The second-order valence-corrected chi connectivity index (χ2v) is 8.67. The number of rotatable bonds is 4. The molecule has 0 unspecified atom stereocenters. The summed E-state index contributed by atoms with van der Waals surface area (Å²) in [6.07, 6.45) is 0. The third-order valence-electron chi connectivity index (χ3n) is 5.16. The summed E-state index contributed by atoms with van der Waals surface area (Å²) >= 11 is 3.02. The molecular weight excluding hydrogens is 416 g/mol. The van der Waals surface area contributed by atoms with E-state index in [0.717, 1.165) is 31.3 Å². The number of hydrogen-bond acceptors (Lipinski definition) is 4. The van der Waals surface area contributed by atoms with Crippen LogP contribution in [0.15, 0.2) is 71.4 Å². The normalized spacial score (nSPS) is 11.2. The molecule has 2 N–H and O–H groups in total. The Labute approximate surface area is 179 Å². The highest BCUT2D eigenvalue weighted by Gasteiger charge is 2.23. The van der Waals surface area contributed by atoms with Crippen LogP contribution >= 0.6 is 22.7 Å². The molecule has 0 fully saturated rings. The highest BCUT2D eigenvalue weighted by Crippen LogP contribution is 2.41. The van der Waals surface area contributed by atoms with Gasteiger partial charge in [-0.1, -0.05) is 36.4 Å². The molecule has 0 amide bonds. The fourth-order valence-corrected chi connectivity index (χ4v) is 5.69. The topological polar surface area (TPSA) is 74.6 Å². The Balaban J connectivity index is 1.83. The van der Waals surface area contributed by atoms with Crippen molar-refractivity contribution >= 4 is 54.8 Å². The first-order valence-corrected chi connectivity index (χ1v) is 10.9. The number of carboxylic acid groups (broad SMARTS) is 2. The Morgan fingerprint density at radius 1 is 0.600 bits per heavy atom. The highest BCUT2D eigenvalue weighted by molar-refractivity contribution is 7.18. The molecule has 4 nitrogen and oxygen atoms in total. The molecular formula is C24H14O4S2. The van der Waals surface area contributed by atoms with Crippen LogP contribution < -0.4 is 0 Å². The number of thiophene rings is 2. The van der Waals surface area contributed by atoms with Crippen molar-refractivity contribution in [1.29, 1.82) is 0 Å². The van der Waals surface area contributed by atoms with Crippen LogP contribution in [-0.4, -0.2) is 22.2 Å². The number of benzene rings is 3. The predicted octanol–water partition coefficient (Wildman–Crippen LogP) is 6.85. The molecule has 0 aliphatic carbocycles. The summed E-state index contributed by atoms with van der Waals surface area (Å²) in [5.74, 6) is -2.17. The van der Waals surface area contributed by atoms with E-state index in [4.69, 9.17) is 0 Å². The molecule has 30 heavy (non-hydrogen) atoms. The van der Waals surface area contributed by atoms with Gasteiger partial charge in [0.25, 0.3) is 0 Å². The average Bonchev–Trinajstić information content (AvgIpc) is 3.37. The first-order valence-electron chi connectivity index (χ1n) is 9.12. The Hall–Kier alpha value is -3.48. The van der Waals surface area contributed by atoms with Gasteiger partial charge < -0.3 is 10.2 Å². The van der Waals surface area contributed by atoms with E-state index in [1.807, 2.05) is 59.3 Å².